The van der Waals surface area contributed by atoms with Crippen LogP contribution in [0.2, 0.25) is 0 Å². The molecule has 3 N–H and O–H groups in total. The third kappa shape index (κ3) is 2.09. The fourth-order valence-corrected chi connectivity index (χ4v) is 4.91. The maximum atomic E-state index is 12.5. The van der Waals surface area contributed by atoms with Gasteiger partial charge >= 0.3 is 0 Å². The van der Waals surface area contributed by atoms with E-state index in [-0.39, 0.29) is 5.41 Å². The Balaban J connectivity index is 1.64. The minimum absolute atomic E-state index is 0.00863. The van der Waals surface area contributed by atoms with Gasteiger partial charge in [-0.05, 0) is 56.3 Å². The van der Waals surface area contributed by atoms with Crippen LogP contribution in [0, 0.1) is 23.2 Å². The van der Waals surface area contributed by atoms with Crippen molar-refractivity contribution in [2.24, 2.45) is 28.9 Å². The molecule has 3 nitrogen and oxygen atoms in total. The van der Waals surface area contributed by atoms with E-state index in [2.05, 4.69) is 5.32 Å². The maximum absolute atomic E-state index is 12.5. The van der Waals surface area contributed by atoms with Crippen LogP contribution in [-0.2, 0) is 4.79 Å². The van der Waals surface area contributed by atoms with Gasteiger partial charge in [-0.15, -0.1) is 0 Å². The summed E-state index contributed by atoms with van der Waals surface area (Å²) in [5, 5.41) is 3.09. The zero-order valence-electron chi connectivity index (χ0n) is 11.0. The van der Waals surface area contributed by atoms with Crippen molar-refractivity contribution in [1.29, 1.82) is 0 Å². The van der Waals surface area contributed by atoms with Crippen LogP contribution in [0.5, 0.6) is 0 Å². The van der Waals surface area contributed by atoms with Crippen LogP contribution in [-0.4, -0.2) is 19.0 Å². The number of nitrogens with two attached hydrogens (primary N) is 1. The summed E-state index contributed by atoms with van der Waals surface area (Å²) in [5.74, 6) is 2.81. The van der Waals surface area contributed by atoms with Crippen molar-refractivity contribution < 1.29 is 4.79 Å². The van der Waals surface area contributed by atoms with E-state index in [1.54, 1.807) is 0 Å². The predicted molar refractivity (Wildman–Crippen MR) is 71.8 cm³/mol. The van der Waals surface area contributed by atoms with Gasteiger partial charge in [0.25, 0.3) is 0 Å². The summed E-state index contributed by atoms with van der Waals surface area (Å²) in [7, 11) is 0. The summed E-state index contributed by atoms with van der Waals surface area (Å²) < 4.78 is 0. The Hall–Kier alpha value is -0.830. The second kappa shape index (κ2) is 4.69. The summed E-state index contributed by atoms with van der Waals surface area (Å²) >= 11 is 0. The molecule has 4 rings (SSSR count). The molecule has 4 bridgehead atoms. The zero-order chi connectivity index (χ0) is 12.6. The monoisotopic (exact) mass is 248 g/mol. The van der Waals surface area contributed by atoms with Crippen LogP contribution in [0.4, 0.5) is 0 Å². The molecule has 0 unspecified atom stereocenters. The van der Waals surface area contributed by atoms with Crippen molar-refractivity contribution in [3.8, 4) is 0 Å². The number of carbonyl (C=O) groups excluding carboxylic acids is 1. The van der Waals surface area contributed by atoms with Gasteiger partial charge in [0.15, 0.2) is 0 Å². The summed E-state index contributed by atoms with van der Waals surface area (Å²) in [5.41, 5.74) is 5.38. The Morgan fingerprint density at radius 2 is 1.67 bits per heavy atom. The quantitative estimate of drug-likeness (QED) is 0.746. The molecule has 0 atom stereocenters. The Morgan fingerprint density at radius 1 is 1.11 bits per heavy atom. The highest BCUT2D eigenvalue weighted by atomic mass is 16.2. The molecule has 0 saturated heterocycles. The van der Waals surface area contributed by atoms with Crippen molar-refractivity contribution in [3.05, 3.63) is 12.2 Å². The Morgan fingerprint density at radius 3 is 2.17 bits per heavy atom. The number of hydrogen-bond donors (Lipinski definition) is 2. The molecule has 1 amide bonds. The molecule has 0 aromatic rings. The van der Waals surface area contributed by atoms with E-state index in [1.165, 1.54) is 19.3 Å². The Kier molecular flexibility index (Phi) is 3.18. The van der Waals surface area contributed by atoms with Crippen LogP contribution in [0.3, 0.4) is 0 Å². The van der Waals surface area contributed by atoms with Crippen molar-refractivity contribution in [1.82, 2.24) is 5.32 Å². The lowest BCUT2D eigenvalue weighted by atomic mass is 9.49. The molecule has 3 heteroatoms. The molecule has 18 heavy (non-hydrogen) atoms. The summed E-state index contributed by atoms with van der Waals surface area (Å²) in [6.45, 7) is 1.19. The molecule has 0 heterocycles. The lowest BCUT2D eigenvalue weighted by Gasteiger charge is -2.55. The Labute approximate surface area is 109 Å². The zero-order valence-corrected chi connectivity index (χ0v) is 11.0. The average molecular weight is 248 g/mol. The van der Waals surface area contributed by atoms with E-state index in [0.29, 0.717) is 19.0 Å². The predicted octanol–water partition coefficient (Wildman–Crippen LogP) is 1.83. The lowest BCUT2D eigenvalue weighted by molar-refractivity contribution is -0.146. The van der Waals surface area contributed by atoms with Gasteiger partial charge in [-0.2, -0.15) is 0 Å². The highest BCUT2D eigenvalue weighted by Crippen LogP contribution is 2.60. The van der Waals surface area contributed by atoms with Crippen LogP contribution in [0.25, 0.3) is 0 Å². The molecule has 4 saturated carbocycles. The van der Waals surface area contributed by atoms with Gasteiger partial charge in [0.2, 0.25) is 5.91 Å². The van der Waals surface area contributed by atoms with Crippen LogP contribution >= 0.6 is 0 Å². The Bertz CT molecular complexity index is 326. The molecule has 0 radical (unpaired) electrons. The first-order valence-corrected chi connectivity index (χ1v) is 7.35. The minimum Gasteiger partial charge on any atom is -0.352 e. The number of nitrogens with one attached hydrogen (secondary N) is 1. The average Bonchev–Trinajstić information content (AvgIpc) is 2.32. The maximum Gasteiger partial charge on any atom is 0.226 e. The largest absolute Gasteiger partial charge is 0.352 e. The molecular weight excluding hydrogens is 224 g/mol. The molecule has 0 aromatic carbocycles. The third-order valence-electron chi connectivity index (χ3n) is 5.20. The van der Waals surface area contributed by atoms with Crippen molar-refractivity contribution in [2.45, 2.75) is 38.5 Å². The highest BCUT2D eigenvalue weighted by molar-refractivity contribution is 5.83. The standard InChI is InChI=1S/C15H24N2O/c16-3-1-2-4-17-14(18)15-8-11-5-12(9-15)7-13(6-11)10-15/h1-2,11-13H,3-10,16H2,(H,17,18)/b2-1+. The fraction of sp³-hybridized carbons (Fsp3) is 0.800. The smallest absolute Gasteiger partial charge is 0.226 e. The molecule has 4 aliphatic rings. The van der Waals surface area contributed by atoms with Gasteiger partial charge in [0.05, 0.1) is 0 Å². The van der Waals surface area contributed by atoms with Gasteiger partial charge in [-0.3, -0.25) is 4.79 Å². The minimum atomic E-state index is -0.00863. The van der Waals surface area contributed by atoms with Crippen molar-refractivity contribution >= 4 is 5.91 Å². The number of rotatable bonds is 4. The van der Waals surface area contributed by atoms with Gasteiger partial charge in [-0.1, -0.05) is 12.2 Å². The first kappa shape index (κ1) is 12.2. The molecule has 0 aromatic heterocycles. The van der Waals surface area contributed by atoms with Gasteiger partial charge < -0.3 is 11.1 Å². The van der Waals surface area contributed by atoms with Crippen LogP contribution < -0.4 is 11.1 Å². The van der Waals surface area contributed by atoms with E-state index in [1.807, 2.05) is 12.2 Å². The second-order valence-corrected chi connectivity index (χ2v) is 6.62. The first-order chi connectivity index (χ1) is 8.72. The number of carbonyl (C=O) groups is 1. The summed E-state index contributed by atoms with van der Waals surface area (Å²) in [6, 6.07) is 0. The summed E-state index contributed by atoms with van der Waals surface area (Å²) in [6.07, 6.45) is 11.5. The van der Waals surface area contributed by atoms with Gasteiger partial charge in [0.1, 0.15) is 0 Å². The van der Waals surface area contributed by atoms with Crippen molar-refractivity contribution in [3.63, 3.8) is 0 Å². The number of hydrogen-bond acceptors (Lipinski definition) is 2. The topological polar surface area (TPSA) is 55.1 Å². The first-order valence-electron chi connectivity index (χ1n) is 7.35. The van der Waals surface area contributed by atoms with E-state index in [9.17, 15) is 4.79 Å². The number of amides is 1. The highest BCUT2D eigenvalue weighted by Gasteiger charge is 2.54. The van der Waals surface area contributed by atoms with E-state index in [4.69, 9.17) is 5.73 Å². The molecule has 100 valence electrons. The molecule has 4 aliphatic carbocycles. The molecule has 0 aliphatic heterocycles. The molecule has 0 spiro atoms. The SMILES string of the molecule is NC/C=C/CNC(=O)C12CC3CC(CC(C3)C1)C2. The van der Waals surface area contributed by atoms with Crippen LogP contribution in [0.1, 0.15) is 38.5 Å². The van der Waals surface area contributed by atoms with Gasteiger partial charge in [0, 0.05) is 18.5 Å². The van der Waals surface area contributed by atoms with E-state index in [0.717, 1.165) is 37.0 Å². The van der Waals surface area contributed by atoms with E-state index < -0.39 is 0 Å². The van der Waals surface area contributed by atoms with Crippen molar-refractivity contribution in [2.75, 3.05) is 13.1 Å². The second-order valence-electron chi connectivity index (χ2n) is 6.62. The molecular formula is C15H24N2O. The lowest BCUT2D eigenvalue weighted by Crippen LogP contribution is -2.53. The van der Waals surface area contributed by atoms with Crippen LogP contribution in [0.15, 0.2) is 12.2 Å². The fourth-order valence-electron chi connectivity index (χ4n) is 4.91. The third-order valence-corrected chi connectivity index (χ3v) is 5.20. The van der Waals surface area contributed by atoms with Gasteiger partial charge in [-0.25, -0.2) is 0 Å². The van der Waals surface area contributed by atoms with E-state index >= 15 is 0 Å². The molecule has 4 fully saturated rings. The summed E-state index contributed by atoms with van der Waals surface area (Å²) in [4.78, 5) is 12.5. The normalized spacial score (nSPS) is 41.5.